The molecule has 0 aliphatic heterocycles. The molecule has 5 nitrogen and oxygen atoms in total. The zero-order chi connectivity index (χ0) is 16.2. The summed E-state index contributed by atoms with van der Waals surface area (Å²) in [6.07, 6.45) is 4.08. The summed E-state index contributed by atoms with van der Waals surface area (Å²) in [4.78, 5) is 11.8. The van der Waals surface area contributed by atoms with Gasteiger partial charge in [0.05, 0.1) is 18.8 Å². The lowest BCUT2D eigenvalue weighted by atomic mass is 10.2. The zero-order valence-corrected chi connectivity index (χ0v) is 13.4. The first-order valence-electron chi connectivity index (χ1n) is 7.83. The Labute approximate surface area is 132 Å². The average molecular weight is 310 g/mol. The van der Waals surface area contributed by atoms with Crippen molar-refractivity contribution in [3.05, 3.63) is 29.8 Å². The number of rotatable bonds is 11. The predicted octanol–water partition coefficient (Wildman–Crippen LogP) is 3.51. The highest BCUT2D eigenvalue weighted by molar-refractivity contribution is 5.89. The van der Waals surface area contributed by atoms with E-state index in [1.807, 2.05) is 0 Å². The second kappa shape index (κ2) is 11.0. The molecule has 124 valence electrons. The van der Waals surface area contributed by atoms with E-state index in [-0.39, 0.29) is 5.75 Å². The van der Waals surface area contributed by atoms with Crippen LogP contribution in [-0.4, -0.2) is 37.2 Å². The number of phenols is 1. The minimum atomic E-state index is -0.634. The van der Waals surface area contributed by atoms with E-state index in [9.17, 15) is 4.79 Å². The Morgan fingerprint density at radius 1 is 1.09 bits per heavy atom. The van der Waals surface area contributed by atoms with Gasteiger partial charge < -0.3 is 19.3 Å². The summed E-state index contributed by atoms with van der Waals surface area (Å²) >= 11 is 0. The Morgan fingerprint density at radius 3 is 2.50 bits per heavy atom. The number of carbonyl (C=O) groups excluding carboxylic acids is 1. The summed E-state index contributed by atoms with van der Waals surface area (Å²) in [6, 6.07) is 5.89. The first-order valence-corrected chi connectivity index (χ1v) is 7.83. The maximum absolute atomic E-state index is 11.8. The summed E-state index contributed by atoms with van der Waals surface area (Å²) < 4.78 is 15.9. The van der Waals surface area contributed by atoms with Crippen molar-refractivity contribution in [3.8, 4) is 5.75 Å². The van der Waals surface area contributed by atoms with Crippen LogP contribution in [0, 0.1) is 0 Å². The van der Waals surface area contributed by atoms with E-state index in [1.165, 1.54) is 43.5 Å². The number of unbranched alkanes of at least 4 members (excludes halogenated alkanes) is 3. The quantitative estimate of drug-likeness (QED) is 0.385. The highest BCUT2D eigenvalue weighted by atomic mass is 16.7. The highest BCUT2D eigenvalue weighted by Crippen LogP contribution is 2.11. The fourth-order valence-electron chi connectivity index (χ4n) is 1.86. The summed E-state index contributed by atoms with van der Waals surface area (Å²) in [7, 11) is 0. The molecule has 0 aromatic heterocycles. The van der Waals surface area contributed by atoms with Crippen molar-refractivity contribution in [2.45, 2.75) is 45.8 Å². The molecule has 1 unspecified atom stereocenters. The molecule has 1 aromatic carbocycles. The van der Waals surface area contributed by atoms with Crippen LogP contribution in [0.1, 0.15) is 49.9 Å². The Hall–Kier alpha value is -1.59. The normalized spacial score (nSPS) is 12.1. The van der Waals surface area contributed by atoms with Gasteiger partial charge in [-0.1, -0.05) is 26.2 Å². The van der Waals surface area contributed by atoms with E-state index in [4.69, 9.17) is 19.3 Å². The number of ether oxygens (including phenoxy) is 3. The van der Waals surface area contributed by atoms with Gasteiger partial charge in [-0.3, -0.25) is 0 Å². The Kier molecular flexibility index (Phi) is 9.26. The molecule has 0 saturated carbocycles. The number of benzene rings is 1. The van der Waals surface area contributed by atoms with Crippen molar-refractivity contribution in [1.82, 2.24) is 0 Å². The third kappa shape index (κ3) is 8.00. The van der Waals surface area contributed by atoms with Crippen molar-refractivity contribution < 1.29 is 24.1 Å². The molecule has 0 saturated heterocycles. The van der Waals surface area contributed by atoms with Crippen molar-refractivity contribution in [1.29, 1.82) is 0 Å². The number of aromatic hydroxyl groups is 1. The summed E-state index contributed by atoms with van der Waals surface area (Å²) in [5.41, 5.74) is 0.375. The number of phenolic OH excluding ortho intramolecular Hbond substituents is 1. The van der Waals surface area contributed by atoms with Crippen molar-refractivity contribution in [2.24, 2.45) is 0 Å². The molecule has 0 aliphatic rings. The predicted molar refractivity (Wildman–Crippen MR) is 83.9 cm³/mol. The van der Waals surface area contributed by atoms with Crippen molar-refractivity contribution in [3.63, 3.8) is 0 Å². The zero-order valence-electron chi connectivity index (χ0n) is 13.4. The Morgan fingerprint density at radius 2 is 1.82 bits per heavy atom. The largest absolute Gasteiger partial charge is 0.508 e. The number of hydrogen-bond acceptors (Lipinski definition) is 5. The standard InChI is InChI=1S/C17H26O5/c1-3-4-5-6-11-20-12-13-21-14(2)22-17(19)15-7-9-16(18)10-8-15/h7-10,14,18H,3-6,11-13H2,1-2H3. The molecule has 22 heavy (non-hydrogen) atoms. The lowest BCUT2D eigenvalue weighted by molar-refractivity contribution is -0.109. The molecular formula is C17H26O5. The molecular weight excluding hydrogens is 284 g/mol. The van der Waals surface area contributed by atoms with E-state index < -0.39 is 12.3 Å². The first kappa shape index (κ1) is 18.5. The van der Waals surface area contributed by atoms with Gasteiger partial charge in [0.2, 0.25) is 6.29 Å². The molecule has 0 bridgehead atoms. The average Bonchev–Trinajstić information content (AvgIpc) is 2.50. The molecule has 5 heteroatoms. The molecule has 0 aliphatic carbocycles. The van der Waals surface area contributed by atoms with Crippen LogP contribution in [0.5, 0.6) is 5.75 Å². The second-order valence-electron chi connectivity index (χ2n) is 5.06. The Bertz CT molecular complexity index is 416. The molecule has 0 radical (unpaired) electrons. The third-order valence-electron chi connectivity index (χ3n) is 3.10. The molecule has 1 aromatic rings. The van der Waals surface area contributed by atoms with E-state index >= 15 is 0 Å². The van der Waals surface area contributed by atoms with Gasteiger partial charge in [0, 0.05) is 6.61 Å². The Balaban J connectivity index is 2.09. The van der Waals surface area contributed by atoms with Crippen LogP contribution < -0.4 is 0 Å². The first-order chi connectivity index (χ1) is 10.6. The van der Waals surface area contributed by atoms with Gasteiger partial charge in [0.25, 0.3) is 0 Å². The van der Waals surface area contributed by atoms with Crippen molar-refractivity contribution >= 4 is 5.97 Å². The van der Waals surface area contributed by atoms with Gasteiger partial charge in [-0.15, -0.1) is 0 Å². The van der Waals surface area contributed by atoms with E-state index in [2.05, 4.69) is 6.92 Å². The summed E-state index contributed by atoms with van der Waals surface area (Å²) in [5.74, 6) is -0.370. The van der Waals surface area contributed by atoms with Crippen LogP contribution >= 0.6 is 0 Å². The lowest BCUT2D eigenvalue weighted by Crippen LogP contribution is -2.20. The fraction of sp³-hybridized carbons (Fsp3) is 0.588. The molecule has 0 amide bonds. The van der Waals surface area contributed by atoms with Gasteiger partial charge in [-0.05, 0) is 37.6 Å². The molecule has 0 fully saturated rings. The van der Waals surface area contributed by atoms with Crippen LogP contribution in [0.2, 0.25) is 0 Å². The van der Waals surface area contributed by atoms with Crippen molar-refractivity contribution in [2.75, 3.05) is 19.8 Å². The monoisotopic (exact) mass is 310 g/mol. The third-order valence-corrected chi connectivity index (χ3v) is 3.10. The molecule has 0 spiro atoms. The van der Waals surface area contributed by atoms with E-state index in [1.54, 1.807) is 6.92 Å². The fourth-order valence-corrected chi connectivity index (χ4v) is 1.86. The van der Waals surface area contributed by atoms with Crippen LogP contribution in [0.15, 0.2) is 24.3 Å². The van der Waals surface area contributed by atoms with Crippen LogP contribution in [-0.2, 0) is 14.2 Å². The smallest absolute Gasteiger partial charge is 0.340 e. The SMILES string of the molecule is CCCCCCOCCOC(C)OC(=O)c1ccc(O)cc1. The number of hydrogen-bond donors (Lipinski definition) is 1. The van der Waals surface area contributed by atoms with Crippen LogP contribution in [0.3, 0.4) is 0 Å². The van der Waals surface area contributed by atoms with Gasteiger partial charge in [0.1, 0.15) is 5.75 Å². The van der Waals surface area contributed by atoms with Gasteiger partial charge >= 0.3 is 5.97 Å². The van der Waals surface area contributed by atoms with Gasteiger partial charge in [-0.25, -0.2) is 4.79 Å². The van der Waals surface area contributed by atoms with Gasteiger partial charge in [0.15, 0.2) is 0 Å². The number of carbonyl (C=O) groups is 1. The van der Waals surface area contributed by atoms with Crippen LogP contribution in [0.4, 0.5) is 0 Å². The lowest BCUT2D eigenvalue weighted by Gasteiger charge is -2.14. The van der Waals surface area contributed by atoms with E-state index in [0.717, 1.165) is 13.0 Å². The maximum atomic E-state index is 11.8. The van der Waals surface area contributed by atoms with Crippen LogP contribution in [0.25, 0.3) is 0 Å². The molecule has 1 rings (SSSR count). The topological polar surface area (TPSA) is 65.0 Å². The number of esters is 1. The second-order valence-corrected chi connectivity index (χ2v) is 5.06. The summed E-state index contributed by atoms with van der Waals surface area (Å²) in [6.45, 7) is 5.46. The maximum Gasteiger partial charge on any atom is 0.340 e. The van der Waals surface area contributed by atoms with E-state index in [0.29, 0.717) is 18.8 Å². The summed E-state index contributed by atoms with van der Waals surface area (Å²) in [5, 5.41) is 9.16. The minimum Gasteiger partial charge on any atom is -0.508 e. The minimum absolute atomic E-state index is 0.108. The van der Waals surface area contributed by atoms with Gasteiger partial charge in [-0.2, -0.15) is 0 Å². The highest BCUT2D eigenvalue weighted by Gasteiger charge is 2.12. The molecule has 1 atom stereocenters. The molecule has 1 N–H and O–H groups in total. The molecule has 0 heterocycles.